The van der Waals surface area contributed by atoms with E-state index in [9.17, 15) is 8.42 Å². The topological polar surface area (TPSA) is 101 Å². The molecule has 8 nitrogen and oxygen atoms in total. The molecule has 1 aromatic carbocycles. The molecule has 0 aliphatic carbocycles. The number of aryl methyl sites for hydroxylation is 1. The first-order valence-corrected chi connectivity index (χ1v) is 9.85. The van der Waals surface area contributed by atoms with Gasteiger partial charge < -0.3 is 24.1 Å². The summed E-state index contributed by atoms with van der Waals surface area (Å²) in [5, 5.41) is 8.51. The van der Waals surface area contributed by atoms with Crippen molar-refractivity contribution < 1.29 is 36.7 Å². The smallest absolute Gasteiger partial charge is 0.297 e. The van der Waals surface area contributed by atoms with Crippen LogP contribution in [0.25, 0.3) is 0 Å². The fraction of sp³-hybridized carbons (Fsp3) is 0.647. The molecule has 0 aromatic heterocycles. The lowest BCUT2D eigenvalue weighted by Crippen LogP contribution is -2.15. The predicted octanol–water partition coefficient (Wildman–Crippen LogP) is 0.759. The zero-order valence-corrected chi connectivity index (χ0v) is 15.9. The van der Waals surface area contributed by atoms with Gasteiger partial charge in [-0.2, -0.15) is 8.42 Å². The number of rotatable bonds is 16. The van der Waals surface area contributed by atoms with Crippen molar-refractivity contribution in [2.24, 2.45) is 0 Å². The summed E-state index contributed by atoms with van der Waals surface area (Å²) in [5.74, 6) is 0. The van der Waals surface area contributed by atoms with E-state index in [1.807, 2.05) is 6.92 Å². The summed E-state index contributed by atoms with van der Waals surface area (Å²) >= 11 is 0. The quantitative estimate of drug-likeness (QED) is 0.325. The second-order valence-electron chi connectivity index (χ2n) is 5.26. The van der Waals surface area contributed by atoms with Crippen LogP contribution in [0.15, 0.2) is 29.2 Å². The van der Waals surface area contributed by atoms with Crippen LogP contribution in [0, 0.1) is 6.92 Å². The minimum atomic E-state index is -3.75. The third-order valence-corrected chi connectivity index (χ3v) is 4.45. The number of hydrogen-bond acceptors (Lipinski definition) is 8. The molecule has 0 unspecified atom stereocenters. The van der Waals surface area contributed by atoms with Gasteiger partial charge >= 0.3 is 0 Å². The molecule has 1 N–H and O–H groups in total. The van der Waals surface area contributed by atoms with Crippen molar-refractivity contribution in [3.8, 4) is 0 Å². The normalized spacial score (nSPS) is 11.8. The molecule has 0 fully saturated rings. The van der Waals surface area contributed by atoms with Crippen molar-refractivity contribution in [3.05, 3.63) is 29.8 Å². The Morgan fingerprint density at radius 3 is 1.62 bits per heavy atom. The number of benzene rings is 1. The molecule has 0 bridgehead atoms. The van der Waals surface area contributed by atoms with Gasteiger partial charge in [0.05, 0.1) is 71.0 Å². The minimum absolute atomic E-state index is 0.00599. The molecule has 1 aromatic rings. The van der Waals surface area contributed by atoms with Gasteiger partial charge in [0.2, 0.25) is 0 Å². The Kier molecular flexibility index (Phi) is 12.4. The average Bonchev–Trinajstić information content (AvgIpc) is 2.62. The van der Waals surface area contributed by atoms with Crippen LogP contribution in [-0.2, 0) is 33.2 Å². The predicted molar refractivity (Wildman–Crippen MR) is 94.7 cm³/mol. The van der Waals surface area contributed by atoms with Crippen LogP contribution in [0.1, 0.15) is 5.56 Å². The monoisotopic (exact) mass is 392 g/mol. The highest BCUT2D eigenvalue weighted by Gasteiger charge is 2.14. The molecule has 0 aliphatic heterocycles. The van der Waals surface area contributed by atoms with Crippen LogP contribution < -0.4 is 0 Å². The highest BCUT2D eigenvalue weighted by atomic mass is 32.2. The average molecular weight is 392 g/mol. The zero-order chi connectivity index (χ0) is 19.1. The molecule has 0 heterocycles. The number of aliphatic hydroxyl groups is 1. The fourth-order valence-corrected chi connectivity index (χ4v) is 2.69. The standard InChI is InChI=1S/C17H28O8S/c1-16-2-4-17(5-3-16)26(19,20)25-15-14-24-13-12-23-11-10-22-9-8-21-7-6-18/h2-5,18H,6-15H2,1H3. The molecule has 0 saturated carbocycles. The van der Waals surface area contributed by atoms with E-state index in [1.54, 1.807) is 12.1 Å². The van der Waals surface area contributed by atoms with E-state index < -0.39 is 10.1 Å². The van der Waals surface area contributed by atoms with Gasteiger partial charge in [-0.15, -0.1) is 0 Å². The molecule has 0 aliphatic rings. The van der Waals surface area contributed by atoms with E-state index in [2.05, 4.69) is 0 Å². The Morgan fingerprint density at radius 1 is 0.731 bits per heavy atom. The molecule has 26 heavy (non-hydrogen) atoms. The third kappa shape index (κ3) is 10.8. The van der Waals surface area contributed by atoms with Crippen molar-refractivity contribution in [1.82, 2.24) is 0 Å². The van der Waals surface area contributed by atoms with Crippen LogP contribution in [0.3, 0.4) is 0 Å². The van der Waals surface area contributed by atoms with Crippen LogP contribution in [0.4, 0.5) is 0 Å². The molecule has 0 atom stereocenters. The summed E-state index contributed by atoms with van der Waals surface area (Å²) < 4.78 is 49.6. The summed E-state index contributed by atoms with van der Waals surface area (Å²) in [6, 6.07) is 6.46. The Morgan fingerprint density at radius 2 is 1.15 bits per heavy atom. The van der Waals surface area contributed by atoms with Gasteiger partial charge in [0.15, 0.2) is 0 Å². The maximum atomic E-state index is 11.9. The maximum absolute atomic E-state index is 11.9. The van der Waals surface area contributed by atoms with Crippen LogP contribution in [0.5, 0.6) is 0 Å². The lowest BCUT2D eigenvalue weighted by Gasteiger charge is -2.08. The van der Waals surface area contributed by atoms with Gasteiger partial charge in [0, 0.05) is 0 Å². The number of ether oxygens (including phenoxy) is 4. The Hall–Kier alpha value is -1.07. The largest absolute Gasteiger partial charge is 0.394 e. The molecule has 150 valence electrons. The molecule has 0 saturated heterocycles. The molecular formula is C17H28O8S. The van der Waals surface area contributed by atoms with Gasteiger partial charge in [0.25, 0.3) is 10.1 Å². The van der Waals surface area contributed by atoms with Gasteiger partial charge in [-0.3, -0.25) is 4.18 Å². The molecule has 1 rings (SSSR count). The SMILES string of the molecule is Cc1ccc(S(=O)(=O)OCCOCCOCCOCCOCCO)cc1. The first-order chi connectivity index (χ1) is 12.6. The van der Waals surface area contributed by atoms with E-state index in [1.165, 1.54) is 12.1 Å². The summed E-state index contributed by atoms with van der Waals surface area (Å²) in [6.07, 6.45) is 0. The van der Waals surface area contributed by atoms with Crippen molar-refractivity contribution >= 4 is 10.1 Å². The van der Waals surface area contributed by atoms with Crippen LogP contribution in [0.2, 0.25) is 0 Å². The number of hydrogen-bond donors (Lipinski definition) is 1. The summed E-state index contributed by atoms with van der Waals surface area (Å²) in [7, 11) is -3.75. The third-order valence-electron chi connectivity index (χ3n) is 3.13. The molecule has 0 radical (unpaired) electrons. The maximum Gasteiger partial charge on any atom is 0.297 e. The highest BCUT2D eigenvalue weighted by molar-refractivity contribution is 7.86. The van der Waals surface area contributed by atoms with Crippen molar-refractivity contribution in [3.63, 3.8) is 0 Å². The summed E-state index contributed by atoms with van der Waals surface area (Å²) in [5.41, 5.74) is 0.979. The second kappa shape index (κ2) is 14.0. The lowest BCUT2D eigenvalue weighted by atomic mass is 10.2. The second-order valence-corrected chi connectivity index (χ2v) is 6.88. The van der Waals surface area contributed by atoms with E-state index in [4.69, 9.17) is 28.2 Å². The zero-order valence-electron chi connectivity index (χ0n) is 15.1. The van der Waals surface area contributed by atoms with Crippen LogP contribution in [-0.4, -0.2) is 79.6 Å². The Balaban J connectivity index is 1.94. The van der Waals surface area contributed by atoms with E-state index in [0.29, 0.717) is 46.2 Å². The van der Waals surface area contributed by atoms with Gasteiger partial charge in [-0.25, -0.2) is 0 Å². The van der Waals surface area contributed by atoms with E-state index >= 15 is 0 Å². The van der Waals surface area contributed by atoms with Crippen molar-refractivity contribution in [2.45, 2.75) is 11.8 Å². The first-order valence-electron chi connectivity index (χ1n) is 8.44. The molecule has 0 spiro atoms. The highest BCUT2D eigenvalue weighted by Crippen LogP contribution is 2.12. The van der Waals surface area contributed by atoms with Gasteiger partial charge in [-0.05, 0) is 19.1 Å². The summed E-state index contributed by atoms with van der Waals surface area (Å²) in [4.78, 5) is 0.133. The Labute approximate surface area is 155 Å². The van der Waals surface area contributed by atoms with Crippen molar-refractivity contribution in [2.75, 3.05) is 66.1 Å². The lowest BCUT2D eigenvalue weighted by molar-refractivity contribution is -0.00763. The molecular weight excluding hydrogens is 364 g/mol. The fourth-order valence-electron chi connectivity index (χ4n) is 1.80. The molecule has 9 heteroatoms. The van der Waals surface area contributed by atoms with E-state index in [0.717, 1.165) is 5.56 Å². The Bertz CT molecular complexity index is 559. The minimum Gasteiger partial charge on any atom is -0.394 e. The molecule has 0 amide bonds. The van der Waals surface area contributed by atoms with Crippen molar-refractivity contribution in [1.29, 1.82) is 0 Å². The van der Waals surface area contributed by atoms with Crippen LogP contribution >= 0.6 is 0 Å². The summed E-state index contributed by atoms with van der Waals surface area (Å²) in [6.45, 7) is 4.80. The first kappa shape index (κ1) is 23.0. The van der Waals surface area contributed by atoms with Gasteiger partial charge in [0.1, 0.15) is 0 Å². The van der Waals surface area contributed by atoms with Gasteiger partial charge in [-0.1, -0.05) is 17.7 Å². The number of aliphatic hydroxyl groups excluding tert-OH is 1. The van der Waals surface area contributed by atoms with E-state index in [-0.39, 0.29) is 24.7 Å².